The largest absolute Gasteiger partial charge is 0.496 e. The van der Waals surface area contributed by atoms with E-state index in [4.69, 9.17) is 10.1 Å². The van der Waals surface area contributed by atoms with E-state index >= 15 is 0 Å². The Morgan fingerprint density at radius 2 is 1.64 bits per heavy atom. The summed E-state index contributed by atoms with van der Waals surface area (Å²) in [6.07, 6.45) is 5.24. The number of hydrogen-bond donors (Lipinski definition) is 1. The summed E-state index contributed by atoms with van der Waals surface area (Å²) in [5.74, 6) is -2.35. The van der Waals surface area contributed by atoms with Gasteiger partial charge >= 0.3 is 0 Å². The van der Waals surface area contributed by atoms with E-state index in [9.17, 15) is 8.78 Å². The molecule has 0 amide bonds. The van der Waals surface area contributed by atoms with Crippen LogP contribution in [0.3, 0.4) is 0 Å². The van der Waals surface area contributed by atoms with Crippen molar-refractivity contribution in [3.8, 4) is 16.9 Å². The zero-order valence-electron chi connectivity index (χ0n) is 19.2. The Bertz CT molecular complexity index is 1190. The molecule has 0 aliphatic heterocycles. The molecule has 3 aromatic rings. The molecule has 0 atom stereocenters. The van der Waals surface area contributed by atoms with Gasteiger partial charge in [0.25, 0.3) is 5.92 Å². The number of methoxy groups -OCH3 is 1. The molecule has 3 aromatic carbocycles. The SMILES string of the molecule is COc1ccccc1C(=N)/C=C/C=C(C)c1ccc(-c2ccccc2C)c(C(C)(F)F)c1.F. The van der Waals surface area contributed by atoms with Crippen LogP contribution in [0.4, 0.5) is 13.5 Å². The summed E-state index contributed by atoms with van der Waals surface area (Å²) in [4.78, 5) is 0. The second kappa shape index (κ2) is 10.8. The lowest BCUT2D eigenvalue weighted by Crippen LogP contribution is -2.10. The Morgan fingerprint density at radius 1 is 0.970 bits per heavy atom. The van der Waals surface area contributed by atoms with Gasteiger partial charge in [-0.15, -0.1) is 0 Å². The van der Waals surface area contributed by atoms with Gasteiger partial charge < -0.3 is 10.1 Å². The molecule has 0 saturated carbocycles. The van der Waals surface area contributed by atoms with Gasteiger partial charge in [0.05, 0.1) is 12.8 Å². The zero-order valence-corrected chi connectivity index (χ0v) is 19.2. The second-order valence-corrected chi connectivity index (χ2v) is 7.79. The van der Waals surface area contributed by atoms with E-state index in [-0.39, 0.29) is 10.3 Å². The van der Waals surface area contributed by atoms with Gasteiger partial charge in [-0.25, -0.2) is 8.78 Å². The first-order valence-corrected chi connectivity index (χ1v) is 10.4. The number of para-hydroxylation sites is 1. The van der Waals surface area contributed by atoms with Gasteiger partial charge in [0.15, 0.2) is 0 Å². The van der Waals surface area contributed by atoms with Crippen LogP contribution in [0.25, 0.3) is 16.7 Å². The maximum absolute atomic E-state index is 14.5. The third-order valence-corrected chi connectivity index (χ3v) is 5.39. The van der Waals surface area contributed by atoms with Crippen molar-refractivity contribution in [2.45, 2.75) is 26.7 Å². The summed E-state index contributed by atoms with van der Waals surface area (Å²) in [5, 5.41) is 8.29. The third-order valence-electron chi connectivity index (χ3n) is 5.39. The molecule has 0 unspecified atom stereocenters. The molecule has 0 aromatic heterocycles. The number of hydrogen-bond acceptors (Lipinski definition) is 2. The molecule has 0 radical (unpaired) electrons. The molecule has 0 aliphatic carbocycles. The first-order valence-electron chi connectivity index (χ1n) is 10.4. The second-order valence-electron chi connectivity index (χ2n) is 7.79. The number of ether oxygens (including phenoxy) is 1. The number of alkyl halides is 2. The predicted molar refractivity (Wildman–Crippen MR) is 131 cm³/mol. The van der Waals surface area contributed by atoms with Crippen LogP contribution in [-0.2, 0) is 5.92 Å². The summed E-state index contributed by atoms with van der Waals surface area (Å²) < 4.78 is 34.3. The van der Waals surface area contributed by atoms with Crippen molar-refractivity contribution in [1.82, 2.24) is 0 Å². The van der Waals surface area contributed by atoms with Gasteiger partial charge in [0.1, 0.15) is 5.75 Å². The maximum Gasteiger partial charge on any atom is 0.271 e. The lowest BCUT2D eigenvalue weighted by atomic mass is 9.90. The average molecular weight is 452 g/mol. The van der Waals surface area contributed by atoms with Crippen LogP contribution in [-0.4, -0.2) is 12.8 Å². The van der Waals surface area contributed by atoms with E-state index in [0.29, 0.717) is 28.2 Å². The van der Waals surface area contributed by atoms with Crippen molar-refractivity contribution in [2.75, 3.05) is 7.11 Å². The minimum atomic E-state index is -2.98. The van der Waals surface area contributed by atoms with Gasteiger partial charge in [-0.1, -0.05) is 60.7 Å². The highest BCUT2D eigenvalue weighted by molar-refractivity contribution is 6.08. The summed E-state index contributed by atoms with van der Waals surface area (Å²) >= 11 is 0. The highest BCUT2D eigenvalue weighted by Gasteiger charge is 2.28. The molecule has 5 heteroatoms. The van der Waals surface area contributed by atoms with Gasteiger partial charge in [-0.2, -0.15) is 0 Å². The zero-order chi connectivity index (χ0) is 23.3. The molecule has 0 fully saturated rings. The van der Waals surface area contributed by atoms with Crippen molar-refractivity contribution in [1.29, 1.82) is 5.41 Å². The summed E-state index contributed by atoms with van der Waals surface area (Å²) in [5.41, 5.74) is 4.85. The summed E-state index contributed by atoms with van der Waals surface area (Å²) in [7, 11) is 1.57. The highest BCUT2D eigenvalue weighted by atomic mass is 19.3. The minimum absolute atomic E-state index is 0. The molecule has 0 bridgehead atoms. The summed E-state index contributed by atoms with van der Waals surface area (Å²) in [6.45, 7) is 4.73. The van der Waals surface area contributed by atoms with Gasteiger partial charge in [-0.05, 0) is 65.9 Å². The Morgan fingerprint density at radius 3 is 2.30 bits per heavy atom. The van der Waals surface area contributed by atoms with Crippen molar-refractivity contribution in [3.05, 3.63) is 107 Å². The van der Waals surface area contributed by atoms with Crippen molar-refractivity contribution < 1.29 is 18.2 Å². The Balaban J connectivity index is 0.00000385. The third kappa shape index (κ3) is 6.01. The first-order chi connectivity index (χ1) is 15.2. The van der Waals surface area contributed by atoms with E-state index in [1.54, 1.807) is 37.5 Å². The quantitative estimate of drug-likeness (QED) is 0.287. The van der Waals surface area contributed by atoms with Gasteiger partial charge in [0.2, 0.25) is 0 Å². The van der Waals surface area contributed by atoms with E-state index in [1.807, 2.05) is 68.5 Å². The Labute approximate surface area is 193 Å². The molecule has 0 heterocycles. The van der Waals surface area contributed by atoms with E-state index in [0.717, 1.165) is 23.6 Å². The van der Waals surface area contributed by atoms with Crippen LogP contribution in [0.2, 0.25) is 0 Å². The van der Waals surface area contributed by atoms with Crippen molar-refractivity contribution in [3.63, 3.8) is 0 Å². The molecular formula is C28H28F3NO. The maximum atomic E-state index is 14.5. The van der Waals surface area contributed by atoms with Crippen LogP contribution >= 0.6 is 0 Å². The molecule has 0 aliphatic rings. The number of rotatable bonds is 7. The number of halogens is 3. The summed E-state index contributed by atoms with van der Waals surface area (Å²) in [6, 6.07) is 20.1. The van der Waals surface area contributed by atoms with Gasteiger partial charge in [0, 0.05) is 18.1 Å². The minimum Gasteiger partial charge on any atom is -0.496 e. The fraction of sp³-hybridized carbons (Fsp3) is 0.179. The van der Waals surface area contributed by atoms with E-state index < -0.39 is 5.92 Å². The van der Waals surface area contributed by atoms with E-state index in [2.05, 4.69) is 0 Å². The van der Waals surface area contributed by atoms with Crippen LogP contribution in [0.1, 0.15) is 36.1 Å². The molecule has 0 spiro atoms. The molecule has 33 heavy (non-hydrogen) atoms. The van der Waals surface area contributed by atoms with Crippen molar-refractivity contribution in [2.24, 2.45) is 0 Å². The number of allylic oxidation sites excluding steroid dienone is 4. The molecule has 1 N–H and O–H groups in total. The fourth-order valence-corrected chi connectivity index (χ4v) is 3.60. The standard InChI is InChI=1S/C28H27F2NO.FH/c1-19(11-9-14-26(31)24-13-7-8-15-27(24)32-4)21-16-17-23(25(18-21)28(3,29)30)22-12-6-5-10-20(22)2;/h5-18,31H,1-4H3;1H/b14-9+,19-11?,31-26?;. The fourth-order valence-electron chi connectivity index (χ4n) is 3.60. The number of aryl methyl sites for hydroxylation is 1. The molecule has 172 valence electrons. The van der Waals surface area contributed by atoms with Crippen LogP contribution in [0.15, 0.2) is 85.0 Å². The lowest BCUT2D eigenvalue weighted by molar-refractivity contribution is 0.0181. The molecule has 2 nitrogen and oxygen atoms in total. The van der Waals surface area contributed by atoms with Crippen LogP contribution in [0.5, 0.6) is 5.75 Å². The van der Waals surface area contributed by atoms with Crippen LogP contribution in [0, 0.1) is 12.3 Å². The van der Waals surface area contributed by atoms with E-state index in [1.165, 1.54) is 0 Å². The lowest BCUT2D eigenvalue weighted by Gasteiger charge is -2.19. The van der Waals surface area contributed by atoms with Crippen molar-refractivity contribution >= 4 is 11.3 Å². The average Bonchev–Trinajstić information content (AvgIpc) is 2.78. The number of benzene rings is 3. The molecule has 0 saturated heterocycles. The Kier molecular flexibility index (Phi) is 8.41. The molecular weight excluding hydrogens is 423 g/mol. The monoisotopic (exact) mass is 451 g/mol. The number of nitrogens with one attached hydrogen (secondary N) is 1. The smallest absolute Gasteiger partial charge is 0.271 e. The normalized spacial score (nSPS) is 11.9. The Hall–Kier alpha value is -3.60. The molecule has 3 rings (SSSR count). The topological polar surface area (TPSA) is 33.1 Å². The highest BCUT2D eigenvalue weighted by Crippen LogP contribution is 2.38. The predicted octanol–water partition coefficient (Wildman–Crippen LogP) is 7.96. The van der Waals surface area contributed by atoms with Gasteiger partial charge in [-0.3, -0.25) is 4.70 Å². The van der Waals surface area contributed by atoms with Crippen LogP contribution < -0.4 is 4.74 Å². The first kappa shape index (κ1) is 25.7.